The van der Waals surface area contributed by atoms with Crippen LogP contribution in [0.25, 0.3) is 0 Å². The number of fused-ring (bicyclic) bond motifs is 7. The van der Waals surface area contributed by atoms with Gasteiger partial charge in [0, 0.05) is 31.3 Å². The van der Waals surface area contributed by atoms with Crippen LogP contribution in [0.15, 0.2) is 11.6 Å². The number of ether oxygens (including phenoxy) is 16. The smallest absolute Gasteiger partial charge is 0.335 e. The number of carbonyl (C=O) groups is 5. The highest BCUT2D eigenvalue weighted by atomic mass is 16.8. The van der Waals surface area contributed by atoms with Gasteiger partial charge in [-0.05, 0) is 122 Å². The molecule has 138 heavy (non-hydrogen) atoms. The first-order chi connectivity index (χ1) is 64.8. The molecule has 0 radical (unpaired) electrons. The van der Waals surface area contributed by atoms with Crippen molar-refractivity contribution in [1.82, 2.24) is 0 Å². The lowest BCUT2D eigenvalue weighted by Crippen LogP contribution is -2.69. The fourth-order valence-corrected chi connectivity index (χ4v) is 24.4. The molecular formula is C93H152O45. The van der Waals surface area contributed by atoms with E-state index in [-0.39, 0.29) is 50.4 Å². The van der Waals surface area contributed by atoms with Crippen LogP contribution < -0.4 is 0 Å². The first-order valence-electron chi connectivity index (χ1n) is 48.7. The molecule has 0 bridgehead atoms. The van der Waals surface area contributed by atoms with Gasteiger partial charge in [-0.3, -0.25) is 14.4 Å². The number of carbonyl (C=O) groups excluding carboxylic acids is 4. The summed E-state index contributed by atoms with van der Waals surface area (Å²) in [6, 6.07) is 0. The number of hydrogen-bond donors (Lipinski definition) is 24. The average molecular weight is 1990 g/mol. The number of aliphatic carboxylic acids is 1. The van der Waals surface area contributed by atoms with Crippen molar-refractivity contribution in [2.24, 2.45) is 74.4 Å². The highest BCUT2D eigenvalue weighted by Crippen LogP contribution is 2.75. The van der Waals surface area contributed by atoms with Crippen LogP contribution in [-0.4, -0.2) is 431 Å². The Morgan fingerprint density at radius 2 is 1.17 bits per heavy atom. The minimum atomic E-state index is -2.66. The minimum absolute atomic E-state index is 0.0572. The molecule has 0 aromatic carbocycles. The third-order valence-electron chi connectivity index (χ3n) is 33.2. The van der Waals surface area contributed by atoms with Crippen molar-refractivity contribution in [3.8, 4) is 0 Å². The summed E-state index contributed by atoms with van der Waals surface area (Å²) in [5.41, 5.74) is -5.75. The van der Waals surface area contributed by atoms with E-state index in [2.05, 4.69) is 26.8 Å². The van der Waals surface area contributed by atoms with Crippen molar-refractivity contribution < 1.29 is 222 Å². The molecule has 11 fully saturated rings. The van der Waals surface area contributed by atoms with E-state index < -0.39 is 384 Å². The summed E-state index contributed by atoms with van der Waals surface area (Å²) in [4.78, 5) is 71.7. The Morgan fingerprint density at radius 1 is 0.543 bits per heavy atom. The third-order valence-corrected chi connectivity index (χ3v) is 33.2. The number of aldehydes is 1. The molecular weight excluding hydrogens is 1840 g/mol. The molecule has 0 aromatic heterocycles. The predicted molar refractivity (Wildman–Crippen MR) is 463 cm³/mol. The standard InChI is InChI=1S/C93H152O45/c1-13-37(4)50(127-52-22-40(30-94)61(106)64(52)109)23-41(98)25-57(103)128-51(38(5)14-2)24-42(99)26-58(104)132-73-60(105)39(6)126-85(76(73)133-81(121)67(112)63(108)49(15-3)129-83-71(116)72(48(102)33-124-83)134-87-78(117)93(122,35-97)36-125-87)138-80(120)44-28-88(7,8)27-43-45-16-17-55-89(9)20-19-56(90(10,34-96)54(89)18-21-91(55,11)92(45,12)29-46(100)59(43)44)131-86-77(137-84-69(114)66(111)65(110)53(31-95)130-84)74(70(115)75(136-86)79(118)119)135-82-68(113)62(107)47(101)32-123-82/h16,34,37-44,46-56,59-78,81-87,94-95,97-102,105-117,121-122H,13-15,17-33,35-36H2,1-12H3,(H,118,119)/t37?,38?,39-,40-,41?,42?,43+,44+,46+,47+,48?,49-,50?,51?,52+,53+,54+,55?,56-,59?,60+,61-,62-,63+,64-,65-,66-,67+,68+,69+,70?,71+,72-,73+,74-,75-,76-,77+,78-,81-,82+,83+,84-,85+,86+,87+,89-,90-,91+,92+,93+/m0/s1. The highest BCUT2D eigenvalue weighted by molar-refractivity contribution is 5.74. The third kappa shape index (κ3) is 22.8. The highest BCUT2D eigenvalue weighted by Gasteiger charge is 2.71. The second-order valence-electron chi connectivity index (χ2n) is 42.7. The lowest BCUT2D eigenvalue weighted by molar-refractivity contribution is -0.391. The Kier molecular flexibility index (Phi) is 37.3. The predicted octanol–water partition coefficient (Wildman–Crippen LogP) is -5.18. The molecule has 0 aromatic rings. The second kappa shape index (κ2) is 45.7. The second-order valence-corrected chi connectivity index (χ2v) is 42.7. The number of allylic oxidation sites excluding steroid dienone is 2. The van der Waals surface area contributed by atoms with Gasteiger partial charge in [-0.2, -0.15) is 0 Å². The molecule has 12 aliphatic rings. The van der Waals surface area contributed by atoms with E-state index in [1.165, 1.54) is 13.8 Å². The van der Waals surface area contributed by atoms with E-state index >= 15 is 4.79 Å². The summed E-state index contributed by atoms with van der Waals surface area (Å²) >= 11 is 0. The van der Waals surface area contributed by atoms with Gasteiger partial charge in [-0.1, -0.05) is 101 Å². The monoisotopic (exact) mass is 1990 g/mol. The van der Waals surface area contributed by atoms with Crippen molar-refractivity contribution in [2.45, 2.75) is 425 Å². The Bertz CT molecular complexity index is 4020. The normalized spacial score (nSPS) is 46.3. The van der Waals surface area contributed by atoms with Crippen molar-refractivity contribution in [3.05, 3.63) is 11.6 Å². The van der Waals surface area contributed by atoms with Crippen LogP contribution in [-0.2, 0) is 99.8 Å². The quantitative estimate of drug-likeness (QED) is 0.00683. The van der Waals surface area contributed by atoms with Crippen molar-refractivity contribution in [2.75, 3.05) is 39.6 Å². The van der Waals surface area contributed by atoms with Gasteiger partial charge in [0.25, 0.3) is 0 Å². The molecule has 24 N–H and O–H groups in total. The fourth-order valence-electron chi connectivity index (χ4n) is 24.4. The topological polar surface area (TPSA) is 719 Å². The molecule has 6 aliphatic carbocycles. The maximum Gasteiger partial charge on any atom is 0.335 e. The first-order valence-corrected chi connectivity index (χ1v) is 48.7. The number of aliphatic hydroxyl groups is 23. The lowest BCUT2D eigenvalue weighted by Gasteiger charge is -2.71. The van der Waals surface area contributed by atoms with Gasteiger partial charge in [-0.25, -0.2) is 4.79 Å². The van der Waals surface area contributed by atoms with Crippen molar-refractivity contribution >= 4 is 30.2 Å². The van der Waals surface area contributed by atoms with Gasteiger partial charge in [0.2, 0.25) is 6.29 Å². The van der Waals surface area contributed by atoms with Crippen molar-refractivity contribution in [3.63, 3.8) is 0 Å². The summed E-state index contributed by atoms with van der Waals surface area (Å²) in [6.45, 7) is 17.8. The molecule has 6 aliphatic heterocycles. The number of carboxylic acids is 1. The Balaban J connectivity index is 0.785. The zero-order valence-corrected chi connectivity index (χ0v) is 80.1. The molecule has 5 saturated carbocycles. The molecule has 51 atom stereocenters. The van der Waals surface area contributed by atoms with Crippen LogP contribution >= 0.6 is 0 Å². The summed E-state index contributed by atoms with van der Waals surface area (Å²) < 4.78 is 95.9. The molecule has 794 valence electrons. The lowest BCUT2D eigenvalue weighted by atomic mass is 9.34. The fraction of sp³-hybridized carbons (Fsp3) is 0.925. The van der Waals surface area contributed by atoms with Crippen LogP contribution in [0.4, 0.5) is 0 Å². The SMILES string of the molecule is CCC(C)C(CC(O)CC(=O)O[C@@H]1[C@H](O)[C@H](C)O[C@H](OC(=O)[C@@H]2CC(C)(C)C[C@@H]3C4=CCC5[C@@]6(C)CC[C@H](O[C@@H]7O[C@H](C(=O)O)C(O)[C@H](O[C@H]8OC[C@@H](O)[C@H](O)[C@H]8O)[C@H]7O[C@@H]7O[C@H](CO)[C@H](O)[C@H](O)[C@H]7O)[C@@](C)(C=O)[C@@H]6CC[C@@]5(C)[C@]4(C)C[C@@H](O)C32)[C@H]1O[C@H](O)[C@H](O)[C@H](O)[C@H](CC)O[C@H]1OCC(O)[C@H](O[C@H]2OC[C@](O)(CO)[C@H]2O)[C@H]1O)OC(=O)CC(O)CC(O[C@@H]1C[C@@H](CO)[C@H](O)[C@H]1O)C(C)CC. The number of esters is 3. The van der Waals surface area contributed by atoms with Crippen LogP contribution in [0.1, 0.15) is 186 Å². The van der Waals surface area contributed by atoms with Gasteiger partial charge in [0.15, 0.2) is 56.1 Å². The van der Waals surface area contributed by atoms with Crippen LogP contribution in [0, 0.1) is 74.4 Å². The molecule has 6 saturated heterocycles. The molecule has 45 nitrogen and oxygen atoms in total. The number of rotatable bonds is 39. The number of hydrogen-bond acceptors (Lipinski definition) is 44. The summed E-state index contributed by atoms with van der Waals surface area (Å²) in [5.74, 6) is -9.70. The van der Waals surface area contributed by atoms with Crippen LogP contribution in [0.2, 0.25) is 0 Å². The molecule has 45 heteroatoms. The molecule has 12 rings (SSSR count). The van der Waals surface area contributed by atoms with E-state index in [4.69, 9.17) is 75.8 Å². The summed E-state index contributed by atoms with van der Waals surface area (Å²) in [7, 11) is 0. The molecule has 0 amide bonds. The van der Waals surface area contributed by atoms with Crippen LogP contribution in [0.5, 0.6) is 0 Å². The van der Waals surface area contributed by atoms with Gasteiger partial charge in [0.1, 0.15) is 128 Å². The number of carboxylic acid groups (broad SMARTS) is 1. The van der Waals surface area contributed by atoms with Gasteiger partial charge < -0.3 is 203 Å². The largest absolute Gasteiger partial charge is 0.479 e. The zero-order valence-electron chi connectivity index (χ0n) is 80.1. The van der Waals surface area contributed by atoms with Crippen LogP contribution in [0.3, 0.4) is 0 Å². The van der Waals surface area contributed by atoms with E-state index in [0.29, 0.717) is 44.9 Å². The van der Waals surface area contributed by atoms with E-state index in [1.54, 1.807) is 20.8 Å². The number of aliphatic hydroxyl groups excluding tert-OH is 22. The Morgan fingerprint density at radius 3 is 1.80 bits per heavy atom. The zero-order chi connectivity index (χ0) is 102. The Labute approximate surface area is 799 Å². The first kappa shape index (κ1) is 113. The maximum atomic E-state index is 15.9. The van der Waals surface area contributed by atoms with Gasteiger partial charge >= 0.3 is 23.9 Å². The molecule has 10 unspecified atom stereocenters. The summed E-state index contributed by atoms with van der Waals surface area (Å²) in [5, 5.41) is 267. The maximum absolute atomic E-state index is 15.9. The molecule has 0 spiro atoms. The van der Waals surface area contributed by atoms with E-state index in [1.807, 2.05) is 27.7 Å². The average Bonchev–Trinajstić information content (AvgIpc) is 1.05. The van der Waals surface area contributed by atoms with E-state index in [0.717, 1.165) is 11.9 Å². The molecule has 6 heterocycles. The van der Waals surface area contributed by atoms with Gasteiger partial charge in [0.05, 0.1) is 112 Å². The summed E-state index contributed by atoms with van der Waals surface area (Å²) in [6.07, 6.45) is -64.0. The van der Waals surface area contributed by atoms with E-state index in [9.17, 15) is 142 Å². The Hall–Kier alpha value is -4.15. The van der Waals surface area contributed by atoms with Gasteiger partial charge in [-0.15, -0.1) is 0 Å². The minimum Gasteiger partial charge on any atom is -0.479 e. The van der Waals surface area contributed by atoms with Crippen molar-refractivity contribution in [1.29, 1.82) is 0 Å².